The van der Waals surface area contributed by atoms with Crippen molar-refractivity contribution in [3.05, 3.63) is 28.2 Å². The molecule has 3 heteroatoms. The van der Waals surface area contributed by atoms with Crippen molar-refractivity contribution in [3.8, 4) is 5.75 Å². The molecular weight excluding hydrogens is 326 g/mol. The number of halogens is 1. The van der Waals surface area contributed by atoms with E-state index < -0.39 is 0 Å². The van der Waals surface area contributed by atoms with Crippen molar-refractivity contribution in [2.24, 2.45) is 5.92 Å². The molecule has 1 aromatic carbocycles. The second kappa shape index (κ2) is 11.1. The summed E-state index contributed by atoms with van der Waals surface area (Å²) in [5.74, 6) is 1.67. The lowest BCUT2D eigenvalue weighted by Gasteiger charge is -2.14. The molecule has 0 radical (unpaired) electrons. The van der Waals surface area contributed by atoms with Crippen molar-refractivity contribution < 1.29 is 4.74 Å². The Labute approximate surface area is 138 Å². The molecule has 0 aromatic heterocycles. The van der Waals surface area contributed by atoms with Crippen molar-refractivity contribution in [2.75, 3.05) is 13.2 Å². The summed E-state index contributed by atoms with van der Waals surface area (Å²) < 4.78 is 7.07. The maximum Gasteiger partial charge on any atom is 0.137 e. The number of ether oxygens (including phenoxy) is 1. The van der Waals surface area contributed by atoms with Gasteiger partial charge in [-0.25, -0.2) is 0 Å². The lowest BCUT2D eigenvalue weighted by atomic mass is 10.1. The van der Waals surface area contributed by atoms with Gasteiger partial charge in [-0.3, -0.25) is 0 Å². The van der Waals surface area contributed by atoms with Crippen LogP contribution in [-0.2, 0) is 6.54 Å². The molecule has 0 heterocycles. The van der Waals surface area contributed by atoms with Gasteiger partial charge in [0.1, 0.15) is 5.75 Å². The van der Waals surface area contributed by atoms with Crippen molar-refractivity contribution >= 4 is 15.9 Å². The number of hydrogen-bond donors (Lipinski definition) is 1. The average Bonchev–Trinajstić information content (AvgIpc) is 2.44. The molecule has 1 aromatic rings. The topological polar surface area (TPSA) is 21.3 Å². The van der Waals surface area contributed by atoms with Gasteiger partial charge in [0.2, 0.25) is 0 Å². The van der Waals surface area contributed by atoms with E-state index in [2.05, 4.69) is 60.2 Å². The number of benzene rings is 1. The molecule has 0 aliphatic carbocycles. The van der Waals surface area contributed by atoms with E-state index in [-0.39, 0.29) is 0 Å². The number of rotatable bonds is 11. The van der Waals surface area contributed by atoms with Gasteiger partial charge >= 0.3 is 0 Å². The molecule has 0 unspecified atom stereocenters. The van der Waals surface area contributed by atoms with Crippen LogP contribution in [0.15, 0.2) is 22.7 Å². The predicted octanol–water partition coefficient (Wildman–Crippen LogP) is 5.54. The van der Waals surface area contributed by atoms with Crippen molar-refractivity contribution in [2.45, 2.75) is 59.4 Å². The lowest BCUT2D eigenvalue weighted by molar-refractivity contribution is 0.299. The van der Waals surface area contributed by atoms with Gasteiger partial charge in [0.15, 0.2) is 0 Å². The third-order valence-electron chi connectivity index (χ3n) is 3.41. The van der Waals surface area contributed by atoms with E-state index in [0.717, 1.165) is 36.3 Å². The summed E-state index contributed by atoms with van der Waals surface area (Å²) in [5.41, 5.74) is 1.23. The zero-order valence-corrected chi connectivity index (χ0v) is 15.3. The summed E-state index contributed by atoms with van der Waals surface area (Å²) in [7, 11) is 0. The Hall–Kier alpha value is -0.540. The Kier molecular flexibility index (Phi) is 9.77. The van der Waals surface area contributed by atoms with Crippen LogP contribution in [0.3, 0.4) is 0 Å². The molecule has 0 saturated carbocycles. The normalized spacial score (nSPS) is 11.1. The predicted molar refractivity (Wildman–Crippen MR) is 94.9 cm³/mol. The van der Waals surface area contributed by atoms with Crippen LogP contribution in [0.5, 0.6) is 5.75 Å². The number of unbranched alkanes of at least 4 members (excludes halogenated alkanes) is 4. The largest absolute Gasteiger partial charge is 0.492 e. The quantitative estimate of drug-likeness (QED) is 0.525. The number of nitrogens with one attached hydrogen (secondary N) is 1. The van der Waals surface area contributed by atoms with Gasteiger partial charge in [0.25, 0.3) is 0 Å². The highest BCUT2D eigenvalue weighted by molar-refractivity contribution is 9.10. The first kappa shape index (κ1) is 18.5. The monoisotopic (exact) mass is 355 g/mol. The molecule has 21 heavy (non-hydrogen) atoms. The van der Waals surface area contributed by atoms with E-state index in [0.29, 0.717) is 5.92 Å². The fraction of sp³-hybridized carbons (Fsp3) is 0.667. The third-order valence-corrected chi connectivity index (χ3v) is 4.04. The molecule has 0 atom stereocenters. The average molecular weight is 356 g/mol. The van der Waals surface area contributed by atoms with Crippen LogP contribution in [-0.4, -0.2) is 13.2 Å². The molecule has 120 valence electrons. The zero-order chi connectivity index (χ0) is 15.5. The van der Waals surface area contributed by atoms with Crippen LogP contribution in [0.25, 0.3) is 0 Å². The minimum Gasteiger partial charge on any atom is -0.492 e. The van der Waals surface area contributed by atoms with E-state index in [9.17, 15) is 0 Å². The number of para-hydroxylation sites is 1. The number of hydrogen-bond acceptors (Lipinski definition) is 2. The minimum atomic E-state index is 0.667. The first-order valence-electron chi connectivity index (χ1n) is 8.26. The fourth-order valence-corrected chi connectivity index (χ4v) is 2.75. The Bertz CT molecular complexity index is 393. The van der Waals surface area contributed by atoms with Gasteiger partial charge in [-0.2, -0.15) is 0 Å². The van der Waals surface area contributed by atoms with Gasteiger partial charge in [0.05, 0.1) is 11.1 Å². The molecule has 0 fully saturated rings. The van der Waals surface area contributed by atoms with Crippen LogP contribution < -0.4 is 10.1 Å². The van der Waals surface area contributed by atoms with E-state index in [1.54, 1.807) is 0 Å². The Morgan fingerprint density at radius 3 is 2.62 bits per heavy atom. The van der Waals surface area contributed by atoms with Crippen LogP contribution in [0.2, 0.25) is 0 Å². The van der Waals surface area contributed by atoms with Crippen LogP contribution in [0, 0.1) is 5.92 Å². The highest BCUT2D eigenvalue weighted by Gasteiger charge is 2.08. The third kappa shape index (κ3) is 7.87. The van der Waals surface area contributed by atoms with Gasteiger partial charge in [-0.15, -0.1) is 0 Å². The first-order valence-corrected chi connectivity index (χ1v) is 9.05. The minimum absolute atomic E-state index is 0.667. The van der Waals surface area contributed by atoms with Crippen LogP contribution >= 0.6 is 15.9 Å². The van der Waals surface area contributed by atoms with Gasteiger partial charge < -0.3 is 10.1 Å². The Morgan fingerprint density at radius 1 is 1.14 bits per heavy atom. The SMILES string of the molecule is CCCCCCCOc1c(Br)cccc1CNCC(C)C. The van der Waals surface area contributed by atoms with E-state index in [1.165, 1.54) is 31.2 Å². The van der Waals surface area contributed by atoms with Gasteiger partial charge in [-0.1, -0.05) is 58.6 Å². The summed E-state index contributed by atoms with van der Waals surface area (Å²) in [6.07, 6.45) is 6.34. The Balaban J connectivity index is 2.43. The van der Waals surface area contributed by atoms with E-state index >= 15 is 0 Å². The van der Waals surface area contributed by atoms with Crippen LogP contribution in [0.1, 0.15) is 58.4 Å². The molecule has 0 aliphatic rings. The van der Waals surface area contributed by atoms with E-state index in [1.807, 2.05) is 0 Å². The van der Waals surface area contributed by atoms with E-state index in [4.69, 9.17) is 4.74 Å². The molecule has 1 rings (SSSR count). The second-order valence-electron chi connectivity index (χ2n) is 6.02. The fourth-order valence-electron chi connectivity index (χ4n) is 2.23. The summed E-state index contributed by atoms with van der Waals surface area (Å²) in [6, 6.07) is 6.27. The van der Waals surface area contributed by atoms with Gasteiger partial charge in [-0.05, 0) is 40.9 Å². The van der Waals surface area contributed by atoms with Crippen molar-refractivity contribution in [1.29, 1.82) is 0 Å². The summed E-state index contributed by atoms with van der Waals surface area (Å²) in [4.78, 5) is 0. The Morgan fingerprint density at radius 2 is 1.90 bits per heavy atom. The molecule has 0 bridgehead atoms. The summed E-state index contributed by atoms with van der Waals surface area (Å²) >= 11 is 3.61. The van der Waals surface area contributed by atoms with Gasteiger partial charge in [0, 0.05) is 12.1 Å². The maximum absolute atomic E-state index is 6.02. The second-order valence-corrected chi connectivity index (χ2v) is 6.87. The molecule has 1 N–H and O–H groups in total. The summed E-state index contributed by atoms with van der Waals surface area (Å²) in [6.45, 7) is 9.40. The molecule has 0 amide bonds. The zero-order valence-electron chi connectivity index (χ0n) is 13.8. The van der Waals surface area contributed by atoms with Crippen molar-refractivity contribution in [3.63, 3.8) is 0 Å². The molecule has 0 saturated heterocycles. The molecular formula is C18H30BrNO. The molecule has 2 nitrogen and oxygen atoms in total. The molecule has 0 spiro atoms. The molecule has 0 aliphatic heterocycles. The standard InChI is InChI=1S/C18H30BrNO/c1-4-5-6-7-8-12-21-18-16(10-9-11-17(18)19)14-20-13-15(2)3/h9-11,15,20H,4-8,12-14H2,1-3H3. The van der Waals surface area contributed by atoms with Crippen molar-refractivity contribution in [1.82, 2.24) is 5.32 Å². The highest BCUT2D eigenvalue weighted by Crippen LogP contribution is 2.29. The maximum atomic E-state index is 6.02. The smallest absolute Gasteiger partial charge is 0.137 e. The first-order chi connectivity index (χ1) is 10.1. The summed E-state index contributed by atoms with van der Waals surface area (Å²) in [5, 5.41) is 3.49. The van der Waals surface area contributed by atoms with Crippen LogP contribution in [0.4, 0.5) is 0 Å². The lowest BCUT2D eigenvalue weighted by Crippen LogP contribution is -2.19. The highest BCUT2D eigenvalue weighted by atomic mass is 79.9.